The minimum Gasteiger partial charge on any atom is -0.495 e. The molecule has 4 rings (SSSR count). The number of benzene rings is 3. The van der Waals surface area contributed by atoms with Crippen LogP contribution in [-0.2, 0) is 17.1 Å². The predicted molar refractivity (Wildman–Crippen MR) is 149 cm³/mol. The van der Waals surface area contributed by atoms with E-state index in [1.807, 2.05) is 0 Å². The Morgan fingerprint density at radius 1 is 1.02 bits per heavy atom. The van der Waals surface area contributed by atoms with Gasteiger partial charge in [0.2, 0.25) is 0 Å². The number of sulfonamides is 1. The molecule has 3 aromatic carbocycles. The summed E-state index contributed by atoms with van der Waals surface area (Å²) in [6.07, 6.45) is 4.55. The maximum absolute atomic E-state index is 12.9. The van der Waals surface area contributed by atoms with Gasteiger partial charge >= 0.3 is 0 Å². The normalized spacial score (nSPS) is 11.3. The number of nitro groups is 2. The number of hydrogen-bond donors (Lipinski definition) is 2. The quantitative estimate of drug-likeness (QED) is 0.143. The minimum absolute atomic E-state index is 0.0889. The summed E-state index contributed by atoms with van der Waals surface area (Å²) in [5.41, 5.74) is 2.21. The molecule has 1 heterocycles. The van der Waals surface area contributed by atoms with Crippen molar-refractivity contribution in [1.82, 2.24) is 9.55 Å². The number of ether oxygens (including phenoxy) is 1. The topological polar surface area (TPSA) is 184 Å². The molecule has 206 valence electrons. The van der Waals surface area contributed by atoms with Crippen LogP contribution in [0.25, 0.3) is 0 Å². The van der Waals surface area contributed by atoms with Gasteiger partial charge in [-0.2, -0.15) is 5.10 Å². The van der Waals surface area contributed by atoms with Crippen molar-refractivity contribution in [3.05, 3.63) is 98.8 Å². The molecule has 0 spiro atoms. The van der Waals surface area contributed by atoms with Crippen LogP contribution in [0, 0.1) is 20.2 Å². The van der Waals surface area contributed by atoms with Crippen molar-refractivity contribution < 1.29 is 23.0 Å². The van der Waals surface area contributed by atoms with Gasteiger partial charge in [0, 0.05) is 37.1 Å². The first-order chi connectivity index (χ1) is 19.1. The third-order valence-corrected chi connectivity index (χ3v) is 7.89. The van der Waals surface area contributed by atoms with Crippen molar-refractivity contribution in [3.8, 4) is 5.75 Å². The molecule has 0 amide bonds. The van der Waals surface area contributed by atoms with Crippen LogP contribution in [0.2, 0.25) is 0 Å². The molecule has 4 aromatic rings. The summed E-state index contributed by atoms with van der Waals surface area (Å²) >= 11 is 1.13. The van der Waals surface area contributed by atoms with Crippen LogP contribution in [0.1, 0.15) is 5.56 Å². The van der Waals surface area contributed by atoms with E-state index in [2.05, 4.69) is 20.2 Å². The Bertz CT molecular complexity index is 1720. The zero-order valence-corrected chi connectivity index (χ0v) is 22.5. The van der Waals surface area contributed by atoms with Crippen LogP contribution in [-0.4, -0.2) is 41.1 Å². The summed E-state index contributed by atoms with van der Waals surface area (Å²) in [7, 11) is -1.04. The van der Waals surface area contributed by atoms with Gasteiger partial charge in [0.1, 0.15) is 11.4 Å². The van der Waals surface area contributed by atoms with E-state index in [0.717, 1.165) is 17.8 Å². The smallest absolute Gasteiger partial charge is 0.295 e. The Balaban J connectivity index is 1.54. The molecule has 0 aliphatic rings. The molecular weight excluding hydrogens is 562 g/mol. The van der Waals surface area contributed by atoms with Gasteiger partial charge in [0.05, 0.1) is 38.6 Å². The van der Waals surface area contributed by atoms with E-state index < -0.39 is 25.6 Å². The first kappa shape index (κ1) is 28.1. The van der Waals surface area contributed by atoms with Crippen molar-refractivity contribution in [3.63, 3.8) is 0 Å². The van der Waals surface area contributed by atoms with Crippen LogP contribution >= 0.6 is 11.8 Å². The van der Waals surface area contributed by atoms with E-state index in [9.17, 15) is 28.6 Å². The number of hydrogen-bond acceptors (Lipinski definition) is 11. The largest absolute Gasteiger partial charge is 0.495 e. The highest BCUT2D eigenvalue weighted by molar-refractivity contribution is 7.99. The van der Waals surface area contributed by atoms with E-state index >= 15 is 0 Å². The standard InChI is InChI=1S/C24H21N7O7S2/c1-29-12-11-25-24(29)39-23-10-7-16(13-21(23)31(34)35)15-26-27-18-9-8-17(14-20(18)30(32)33)40(36,37)28-19-5-3-4-6-22(19)38-2/h3-15,27-28H,1-2H3. The van der Waals surface area contributed by atoms with Gasteiger partial charge in [-0.1, -0.05) is 18.2 Å². The molecule has 0 fully saturated rings. The molecule has 1 aromatic heterocycles. The van der Waals surface area contributed by atoms with E-state index in [-0.39, 0.29) is 27.7 Å². The minimum atomic E-state index is -4.19. The van der Waals surface area contributed by atoms with E-state index in [1.165, 1.54) is 37.6 Å². The molecule has 0 bridgehead atoms. The second-order valence-corrected chi connectivity index (χ2v) is 10.7. The first-order valence-corrected chi connectivity index (χ1v) is 13.6. The molecule has 16 heteroatoms. The Morgan fingerprint density at radius 3 is 2.45 bits per heavy atom. The highest BCUT2D eigenvalue weighted by Gasteiger charge is 2.23. The van der Waals surface area contributed by atoms with Gasteiger partial charge in [0.15, 0.2) is 5.16 Å². The Morgan fingerprint density at radius 2 is 1.77 bits per heavy atom. The fourth-order valence-corrected chi connectivity index (χ4v) is 5.40. The number of nitro benzene ring substituents is 2. The Labute approximate surface area is 232 Å². The molecule has 0 aliphatic heterocycles. The number of aromatic nitrogens is 2. The Hall–Kier alpha value is -4.96. The van der Waals surface area contributed by atoms with Gasteiger partial charge in [-0.05, 0) is 42.1 Å². The fraction of sp³-hybridized carbons (Fsp3) is 0.0833. The molecule has 0 saturated carbocycles. The Kier molecular flexibility index (Phi) is 8.30. The third-order valence-electron chi connectivity index (χ3n) is 5.38. The average molecular weight is 584 g/mol. The summed E-state index contributed by atoms with van der Waals surface area (Å²) in [6.45, 7) is 0. The van der Waals surface area contributed by atoms with Crippen molar-refractivity contribution in [2.24, 2.45) is 12.1 Å². The molecule has 0 aliphatic carbocycles. The zero-order valence-electron chi connectivity index (χ0n) is 20.9. The maximum atomic E-state index is 12.9. The number of hydrazone groups is 1. The van der Waals surface area contributed by atoms with Crippen molar-refractivity contribution >= 4 is 50.7 Å². The van der Waals surface area contributed by atoms with Crippen LogP contribution in [0.5, 0.6) is 5.75 Å². The third kappa shape index (κ3) is 6.36. The number of nitrogens with one attached hydrogen (secondary N) is 2. The number of aryl methyl sites for hydroxylation is 1. The first-order valence-electron chi connectivity index (χ1n) is 11.3. The molecule has 0 unspecified atom stereocenters. The predicted octanol–water partition coefficient (Wildman–Crippen LogP) is 4.64. The van der Waals surface area contributed by atoms with Crippen LogP contribution in [0.3, 0.4) is 0 Å². The van der Waals surface area contributed by atoms with E-state index in [1.54, 1.807) is 54.3 Å². The number of nitrogens with zero attached hydrogens (tertiary/aromatic N) is 5. The molecule has 0 saturated heterocycles. The summed E-state index contributed by atoms with van der Waals surface area (Å²) < 4.78 is 35.0. The number of anilines is 2. The van der Waals surface area contributed by atoms with Crippen molar-refractivity contribution in [2.45, 2.75) is 14.9 Å². The molecule has 0 radical (unpaired) electrons. The lowest BCUT2D eigenvalue weighted by molar-refractivity contribution is -0.387. The molecule has 2 N–H and O–H groups in total. The summed E-state index contributed by atoms with van der Waals surface area (Å²) in [5.74, 6) is 0.275. The van der Waals surface area contributed by atoms with Gasteiger partial charge in [0.25, 0.3) is 21.4 Å². The second kappa shape index (κ2) is 11.8. The van der Waals surface area contributed by atoms with E-state index in [4.69, 9.17) is 4.74 Å². The zero-order chi connectivity index (χ0) is 28.9. The summed E-state index contributed by atoms with van der Waals surface area (Å²) in [6, 6.07) is 14.0. The number of rotatable bonds is 11. The summed E-state index contributed by atoms with van der Waals surface area (Å²) in [4.78, 5) is 26.2. The van der Waals surface area contributed by atoms with Crippen molar-refractivity contribution in [2.75, 3.05) is 17.3 Å². The van der Waals surface area contributed by atoms with Crippen molar-refractivity contribution in [1.29, 1.82) is 0 Å². The lowest BCUT2D eigenvalue weighted by Crippen LogP contribution is -2.14. The fourth-order valence-electron chi connectivity index (χ4n) is 3.43. The lowest BCUT2D eigenvalue weighted by Gasteiger charge is -2.12. The van der Waals surface area contributed by atoms with Gasteiger partial charge in [-0.25, -0.2) is 13.4 Å². The second-order valence-electron chi connectivity index (χ2n) is 8.02. The summed E-state index contributed by atoms with van der Waals surface area (Å²) in [5, 5.41) is 27.9. The maximum Gasteiger partial charge on any atom is 0.295 e. The molecule has 14 nitrogen and oxygen atoms in total. The molecular formula is C24H21N7O7S2. The number of methoxy groups -OCH3 is 1. The monoisotopic (exact) mass is 583 g/mol. The van der Waals surface area contributed by atoms with Gasteiger partial charge in [-0.15, -0.1) is 0 Å². The van der Waals surface area contributed by atoms with Crippen LogP contribution in [0.4, 0.5) is 22.7 Å². The molecule has 0 atom stereocenters. The number of imidazole rings is 1. The number of para-hydroxylation sites is 2. The average Bonchev–Trinajstić information content (AvgIpc) is 3.33. The van der Waals surface area contributed by atoms with E-state index in [0.29, 0.717) is 15.6 Å². The SMILES string of the molecule is COc1ccccc1NS(=O)(=O)c1ccc(NN=Cc2ccc(Sc3nccn3C)c([N+](=O)[O-])c2)c([N+](=O)[O-])c1. The van der Waals surface area contributed by atoms with Gasteiger partial charge < -0.3 is 9.30 Å². The van der Waals surface area contributed by atoms with Crippen LogP contribution in [0.15, 0.2) is 93.1 Å². The van der Waals surface area contributed by atoms with Gasteiger partial charge in [-0.3, -0.25) is 30.4 Å². The highest BCUT2D eigenvalue weighted by atomic mass is 32.2. The molecule has 40 heavy (non-hydrogen) atoms. The van der Waals surface area contributed by atoms with Crippen LogP contribution < -0.4 is 14.9 Å². The highest BCUT2D eigenvalue weighted by Crippen LogP contribution is 2.34. The lowest BCUT2D eigenvalue weighted by atomic mass is 10.2.